The Kier molecular flexibility index (Phi) is 5.09. The smallest absolute Gasteiger partial charge is 0.131 e. The summed E-state index contributed by atoms with van der Waals surface area (Å²) in [7, 11) is 1.20. The van der Waals surface area contributed by atoms with Crippen LogP contribution in [0.4, 0.5) is 0 Å². The van der Waals surface area contributed by atoms with E-state index in [-0.39, 0.29) is 0 Å². The second kappa shape index (κ2) is 7.04. The third-order valence-corrected chi connectivity index (χ3v) is 6.81. The fraction of sp³-hybridized carbons (Fsp3) is 0.778. The Morgan fingerprint density at radius 1 is 0.905 bits per heavy atom. The number of rotatable bonds is 3. The number of hydrogen-bond acceptors (Lipinski definition) is 2. The maximum absolute atomic E-state index is 4.63. The van der Waals surface area contributed by atoms with E-state index in [2.05, 4.69) is 29.3 Å². The first-order chi connectivity index (χ1) is 10.3. The monoisotopic (exact) mass is 302 g/mol. The SMILES string of the molecule is CC1CCC(C2CCC(c3ncc(C[SiH3])cn3)CC2)CC1. The van der Waals surface area contributed by atoms with E-state index in [0.717, 1.165) is 23.6 Å². The van der Waals surface area contributed by atoms with E-state index in [9.17, 15) is 0 Å². The Morgan fingerprint density at radius 3 is 1.95 bits per heavy atom. The van der Waals surface area contributed by atoms with Crippen molar-refractivity contribution in [1.82, 2.24) is 9.97 Å². The maximum atomic E-state index is 4.63. The van der Waals surface area contributed by atoms with E-state index in [1.807, 2.05) is 0 Å². The highest BCUT2D eigenvalue weighted by Gasteiger charge is 2.31. The third kappa shape index (κ3) is 3.74. The Morgan fingerprint density at radius 2 is 1.43 bits per heavy atom. The molecule has 2 aliphatic carbocycles. The largest absolute Gasteiger partial charge is 0.241 e. The van der Waals surface area contributed by atoms with E-state index in [4.69, 9.17) is 0 Å². The van der Waals surface area contributed by atoms with Crippen LogP contribution in [0.1, 0.15) is 75.6 Å². The van der Waals surface area contributed by atoms with E-state index in [1.165, 1.54) is 73.2 Å². The highest BCUT2D eigenvalue weighted by Crippen LogP contribution is 2.43. The molecule has 0 bridgehead atoms. The molecule has 1 aromatic heterocycles. The van der Waals surface area contributed by atoms with Crippen LogP contribution in [0.15, 0.2) is 12.4 Å². The molecule has 0 unspecified atom stereocenters. The second-order valence-electron chi connectivity index (χ2n) is 7.43. The van der Waals surface area contributed by atoms with E-state index in [0.29, 0.717) is 5.92 Å². The van der Waals surface area contributed by atoms with Gasteiger partial charge in [0.2, 0.25) is 0 Å². The molecule has 3 heteroatoms. The minimum absolute atomic E-state index is 0.631. The van der Waals surface area contributed by atoms with Crippen molar-refractivity contribution in [3.05, 3.63) is 23.8 Å². The Hall–Kier alpha value is -0.703. The van der Waals surface area contributed by atoms with Crippen molar-refractivity contribution in [2.45, 2.75) is 70.3 Å². The van der Waals surface area contributed by atoms with Crippen molar-refractivity contribution in [1.29, 1.82) is 0 Å². The lowest BCUT2D eigenvalue weighted by Crippen LogP contribution is -2.25. The topological polar surface area (TPSA) is 25.8 Å². The highest BCUT2D eigenvalue weighted by atomic mass is 28.1. The molecule has 0 N–H and O–H groups in total. The number of aromatic nitrogens is 2. The van der Waals surface area contributed by atoms with Gasteiger partial charge in [-0.3, -0.25) is 0 Å². The fourth-order valence-corrected chi connectivity index (χ4v) is 4.73. The zero-order chi connectivity index (χ0) is 14.7. The first kappa shape index (κ1) is 15.2. The molecule has 0 amide bonds. The van der Waals surface area contributed by atoms with Crippen LogP contribution in [0.25, 0.3) is 0 Å². The summed E-state index contributed by atoms with van der Waals surface area (Å²) in [6, 6.07) is 1.17. The third-order valence-electron chi connectivity index (χ3n) is 6.00. The van der Waals surface area contributed by atoms with Gasteiger partial charge in [-0.05, 0) is 67.9 Å². The molecule has 0 aromatic carbocycles. The first-order valence-electron chi connectivity index (χ1n) is 9.07. The van der Waals surface area contributed by atoms with Crippen LogP contribution in [0.5, 0.6) is 0 Å². The van der Waals surface area contributed by atoms with Crippen molar-refractivity contribution in [2.75, 3.05) is 0 Å². The van der Waals surface area contributed by atoms with Crippen molar-refractivity contribution in [3.8, 4) is 0 Å². The molecule has 0 saturated heterocycles. The molecule has 0 spiro atoms. The van der Waals surface area contributed by atoms with Crippen molar-refractivity contribution < 1.29 is 0 Å². The second-order valence-corrected chi connectivity index (χ2v) is 8.14. The standard InChI is InChI=1S/C18H30N2Si/c1-13-2-4-15(5-3-13)16-6-8-17(9-7-16)18-19-10-14(12-21)11-20-18/h10-11,13,15-17H,2-9,12H2,1,21H3. The van der Waals surface area contributed by atoms with Gasteiger partial charge in [-0.15, -0.1) is 0 Å². The van der Waals surface area contributed by atoms with Gasteiger partial charge in [0, 0.05) is 28.6 Å². The molecule has 3 rings (SSSR count). The molecular weight excluding hydrogens is 272 g/mol. The fourth-order valence-electron chi connectivity index (χ4n) is 4.36. The molecule has 1 heterocycles. The van der Waals surface area contributed by atoms with Gasteiger partial charge in [-0.2, -0.15) is 0 Å². The summed E-state index contributed by atoms with van der Waals surface area (Å²) in [4.78, 5) is 9.26. The molecule has 0 atom stereocenters. The summed E-state index contributed by atoms with van der Waals surface area (Å²) in [6.07, 6.45) is 15.5. The van der Waals surface area contributed by atoms with Gasteiger partial charge in [-0.1, -0.05) is 19.8 Å². The van der Waals surface area contributed by atoms with Crippen LogP contribution in [-0.4, -0.2) is 20.2 Å². The van der Waals surface area contributed by atoms with Gasteiger partial charge in [0.05, 0.1) is 0 Å². The number of nitrogens with zero attached hydrogens (tertiary/aromatic N) is 2. The van der Waals surface area contributed by atoms with Crippen LogP contribution in [0.2, 0.25) is 0 Å². The van der Waals surface area contributed by atoms with Crippen molar-refractivity contribution in [2.24, 2.45) is 17.8 Å². The average Bonchev–Trinajstić information content (AvgIpc) is 2.56. The van der Waals surface area contributed by atoms with Gasteiger partial charge in [0.25, 0.3) is 0 Å². The molecule has 0 radical (unpaired) electrons. The molecular formula is C18H30N2Si. The summed E-state index contributed by atoms with van der Waals surface area (Å²) >= 11 is 0. The molecule has 0 aliphatic heterocycles. The number of hydrogen-bond donors (Lipinski definition) is 0. The minimum atomic E-state index is 0.631. The average molecular weight is 303 g/mol. The van der Waals surface area contributed by atoms with Crippen LogP contribution >= 0.6 is 0 Å². The van der Waals surface area contributed by atoms with Gasteiger partial charge < -0.3 is 0 Å². The van der Waals surface area contributed by atoms with Gasteiger partial charge >= 0.3 is 0 Å². The van der Waals surface area contributed by atoms with E-state index in [1.54, 1.807) is 0 Å². The van der Waals surface area contributed by atoms with Crippen molar-refractivity contribution in [3.63, 3.8) is 0 Å². The molecule has 2 aliphatic rings. The summed E-state index contributed by atoms with van der Waals surface area (Å²) in [5.41, 5.74) is 1.32. The van der Waals surface area contributed by atoms with Crippen molar-refractivity contribution >= 4 is 10.2 Å². The van der Waals surface area contributed by atoms with Crippen LogP contribution < -0.4 is 0 Å². The molecule has 1 aromatic rings. The molecule has 116 valence electrons. The zero-order valence-corrected chi connectivity index (χ0v) is 15.7. The molecule has 2 saturated carbocycles. The lowest BCUT2D eigenvalue weighted by Gasteiger charge is -2.36. The van der Waals surface area contributed by atoms with Crippen LogP contribution in [0.3, 0.4) is 0 Å². The summed E-state index contributed by atoms with van der Waals surface area (Å²) < 4.78 is 0. The lowest BCUT2D eigenvalue weighted by molar-refractivity contribution is 0.163. The van der Waals surface area contributed by atoms with Crippen LogP contribution in [-0.2, 0) is 6.04 Å². The predicted molar refractivity (Wildman–Crippen MR) is 91.5 cm³/mol. The van der Waals surface area contributed by atoms with Gasteiger partial charge in [-0.25, -0.2) is 9.97 Å². The van der Waals surface area contributed by atoms with Crippen LogP contribution in [0, 0.1) is 17.8 Å². The van der Waals surface area contributed by atoms with Gasteiger partial charge in [0.15, 0.2) is 0 Å². The van der Waals surface area contributed by atoms with E-state index >= 15 is 0 Å². The predicted octanol–water partition coefficient (Wildman–Crippen LogP) is 3.44. The Balaban J connectivity index is 1.52. The summed E-state index contributed by atoms with van der Waals surface area (Å²) in [6.45, 7) is 2.42. The molecule has 2 nitrogen and oxygen atoms in total. The highest BCUT2D eigenvalue weighted by molar-refractivity contribution is 6.08. The van der Waals surface area contributed by atoms with Gasteiger partial charge in [0.1, 0.15) is 5.82 Å². The Bertz CT molecular complexity index is 429. The van der Waals surface area contributed by atoms with E-state index < -0.39 is 0 Å². The molecule has 21 heavy (non-hydrogen) atoms. The first-order valence-corrected chi connectivity index (χ1v) is 10.5. The minimum Gasteiger partial charge on any atom is -0.241 e. The Labute approximate surface area is 132 Å². The molecule has 2 fully saturated rings. The quantitative estimate of drug-likeness (QED) is 0.799. The zero-order valence-electron chi connectivity index (χ0n) is 13.7. The lowest BCUT2D eigenvalue weighted by atomic mass is 9.69. The maximum Gasteiger partial charge on any atom is 0.131 e. The normalized spacial score (nSPS) is 34.0. The summed E-state index contributed by atoms with van der Waals surface area (Å²) in [5.74, 6) is 4.74. The summed E-state index contributed by atoms with van der Waals surface area (Å²) in [5, 5.41) is 0.